The molecular formula is C14H12N2O5S. The summed E-state index contributed by atoms with van der Waals surface area (Å²) in [7, 11) is -3.98. The van der Waals surface area contributed by atoms with Crippen LogP contribution >= 0.6 is 0 Å². The van der Waals surface area contributed by atoms with Crippen LogP contribution in [0.25, 0.3) is 0 Å². The van der Waals surface area contributed by atoms with Crippen LogP contribution in [0.15, 0.2) is 59.5 Å². The molecule has 0 aliphatic heterocycles. The molecule has 22 heavy (non-hydrogen) atoms. The van der Waals surface area contributed by atoms with Gasteiger partial charge in [-0.15, -0.1) is 4.83 Å². The van der Waals surface area contributed by atoms with E-state index in [1.165, 1.54) is 12.1 Å². The predicted octanol–water partition coefficient (Wildman–Crippen LogP) is 1.01. The summed E-state index contributed by atoms with van der Waals surface area (Å²) in [5.41, 5.74) is 2.34. The van der Waals surface area contributed by atoms with Crippen LogP contribution in [-0.2, 0) is 10.0 Å². The molecular weight excluding hydrogens is 308 g/mol. The van der Waals surface area contributed by atoms with Gasteiger partial charge in [-0.25, -0.2) is 13.2 Å². The summed E-state index contributed by atoms with van der Waals surface area (Å²) in [5, 5.41) is 8.76. The van der Waals surface area contributed by atoms with E-state index in [-0.39, 0.29) is 10.5 Å². The van der Waals surface area contributed by atoms with Crippen molar-refractivity contribution in [1.29, 1.82) is 0 Å². The molecule has 1 amide bonds. The van der Waals surface area contributed by atoms with Crippen LogP contribution in [0.2, 0.25) is 0 Å². The molecule has 7 nitrogen and oxygen atoms in total. The van der Waals surface area contributed by atoms with E-state index in [1.54, 1.807) is 18.2 Å². The van der Waals surface area contributed by atoms with Gasteiger partial charge in [0.1, 0.15) is 0 Å². The van der Waals surface area contributed by atoms with Crippen molar-refractivity contribution in [2.24, 2.45) is 0 Å². The number of hydrogen-bond acceptors (Lipinski definition) is 4. The molecule has 0 spiro atoms. The third-order valence-corrected chi connectivity index (χ3v) is 4.01. The maximum atomic E-state index is 12.0. The van der Waals surface area contributed by atoms with Gasteiger partial charge in [0.2, 0.25) is 0 Å². The highest BCUT2D eigenvalue weighted by atomic mass is 32.2. The first-order valence-electron chi connectivity index (χ1n) is 6.11. The Morgan fingerprint density at radius 3 is 2.00 bits per heavy atom. The predicted molar refractivity (Wildman–Crippen MR) is 77.6 cm³/mol. The van der Waals surface area contributed by atoms with E-state index in [4.69, 9.17) is 5.11 Å². The van der Waals surface area contributed by atoms with Crippen molar-refractivity contribution in [2.45, 2.75) is 4.90 Å². The quantitative estimate of drug-likeness (QED) is 0.712. The number of sulfonamides is 1. The molecule has 0 aromatic heterocycles. The van der Waals surface area contributed by atoms with Crippen molar-refractivity contribution in [1.82, 2.24) is 10.3 Å². The zero-order valence-corrected chi connectivity index (χ0v) is 12.0. The number of hydrogen-bond donors (Lipinski definition) is 3. The molecule has 0 unspecified atom stereocenters. The Hall–Kier alpha value is -2.71. The van der Waals surface area contributed by atoms with Gasteiger partial charge in [0.15, 0.2) is 0 Å². The van der Waals surface area contributed by atoms with Crippen LogP contribution < -0.4 is 10.3 Å². The second-order valence-corrected chi connectivity index (χ2v) is 5.94. The monoisotopic (exact) mass is 320 g/mol. The maximum Gasteiger partial charge on any atom is 0.335 e. The molecule has 0 saturated heterocycles. The second-order valence-electron chi connectivity index (χ2n) is 4.26. The molecule has 2 rings (SSSR count). The fourth-order valence-corrected chi connectivity index (χ4v) is 2.45. The van der Waals surface area contributed by atoms with E-state index in [9.17, 15) is 18.0 Å². The Balaban J connectivity index is 2.08. The molecule has 0 radical (unpaired) electrons. The molecule has 0 atom stereocenters. The van der Waals surface area contributed by atoms with E-state index in [2.05, 4.69) is 5.43 Å². The van der Waals surface area contributed by atoms with Crippen molar-refractivity contribution >= 4 is 21.9 Å². The fourth-order valence-electron chi connectivity index (χ4n) is 1.61. The highest BCUT2D eigenvalue weighted by Gasteiger charge is 2.16. The Bertz CT molecular complexity index is 786. The minimum Gasteiger partial charge on any atom is -0.478 e. The topological polar surface area (TPSA) is 113 Å². The van der Waals surface area contributed by atoms with E-state index in [0.717, 1.165) is 24.3 Å². The van der Waals surface area contributed by atoms with Gasteiger partial charge in [0.05, 0.1) is 10.5 Å². The minimum absolute atomic E-state index is 0.0349. The summed E-state index contributed by atoms with van der Waals surface area (Å²) in [5.74, 6) is -1.76. The van der Waals surface area contributed by atoms with Crippen molar-refractivity contribution in [3.05, 3.63) is 65.7 Å². The van der Waals surface area contributed by atoms with Crippen molar-refractivity contribution < 1.29 is 23.1 Å². The number of carboxylic acid groups (broad SMARTS) is 1. The van der Waals surface area contributed by atoms with Crippen LogP contribution in [0.1, 0.15) is 20.7 Å². The molecule has 8 heteroatoms. The zero-order valence-electron chi connectivity index (χ0n) is 11.2. The average Bonchev–Trinajstić information content (AvgIpc) is 2.53. The normalized spacial score (nSPS) is 10.9. The van der Waals surface area contributed by atoms with Crippen LogP contribution in [0.4, 0.5) is 0 Å². The summed E-state index contributed by atoms with van der Waals surface area (Å²) in [6, 6.07) is 12.7. The smallest absolute Gasteiger partial charge is 0.335 e. The minimum atomic E-state index is -3.98. The highest BCUT2D eigenvalue weighted by Crippen LogP contribution is 2.10. The lowest BCUT2D eigenvalue weighted by Gasteiger charge is -2.08. The number of aromatic carboxylic acids is 1. The third-order valence-electron chi connectivity index (χ3n) is 2.75. The van der Waals surface area contributed by atoms with Crippen molar-refractivity contribution in [2.75, 3.05) is 0 Å². The van der Waals surface area contributed by atoms with Crippen LogP contribution in [0.3, 0.4) is 0 Å². The number of carboxylic acids is 1. The van der Waals surface area contributed by atoms with Gasteiger partial charge in [-0.1, -0.05) is 18.2 Å². The van der Waals surface area contributed by atoms with E-state index in [1.807, 2.05) is 4.83 Å². The van der Waals surface area contributed by atoms with Gasteiger partial charge in [-0.3, -0.25) is 10.2 Å². The summed E-state index contributed by atoms with van der Waals surface area (Å²) in [4.78, 5) is 24.2. The first kappa shape index (κ1) is 15.7. The van der Waals surface area contributed by atoms with Gasteiger partial charge in [0, 0.05) is 5.56 Å². The maximum absolute atomic E-state index is 12.0. The highest BCUT2D eigenvalue weighted by molar-refractivity contribution is 7.89. The summed E-state index contributed by atoms with van der Waals surface area (Å²) in [6.07, 6.45) is 0. The first-order chi connectivity index (χ1) is 10.4. The molecule has 114 valence electrons. The molecule has 3 N–H and O–H groups in total. The molecule has 0 aliphatic carbocycles. The molecule has 2 aromatic carbocycles. The van der Waals surface area contributed by atoms with Crippen LogP contribution in [-0.4, -0.2) is 25.4 Å². The van der Waals surface area contributed by atoms with Gasteiger partial charge >= 0.3 is 5.97 Å². The third kappa shape index (κ3) is 3.68. The number of benzene rings is 2. The Morgan fingerprint density at radius 1 is 0.864 bits per heavy atom. The van der Waals surface area contributed by atoms with E-state index < -0.39 is 21.9 Å². The number of amides is 1. The lowest BCUT2D eigenvalue weighted by molar-refractivity contribution is 0.0696. The standard InChI is InChI=1S/C14H12N2O5S/c17-13(10-4-2-1-3-5-10)15-16-22(20,21)12-8-6-11(7-9-12)14(18)19/h1-9,16H,(H,15,17)(H,18,19). The average molecular weight is 320 g/mol. The van der Waals surface area contributed by atoms with Crippen LogP contribution in [0, 0.1) is 0 Å². The SMILES string of the molecule is O=C(O)c1ccc(S(=O)(=O)NNC(=O)c2ccccc2)cc1. The number of carbonyl (C=O) groups is 2. The zero-order chi connectivity index (χ0) is 16.2. The van der Waals surface area contributed by atoms with Gasteiger partial charge < -0.3 is 5.11 Å². The molecule has 0 saturated carbocycles. The molecule has 2 aromatic rings. The van der Waals surface area contributed by atoms with Gasteiger partial charge in [-0.2, -0.15) is 0 Å². The van der Waals surface area contributed by atoms with E-state index >= 15 is 0 Å². The Morgan fingerprint density at radius 2 is 1.45 bits per heavy atom. The fraction of sp³-hybridized carbons (Fsp3) is 0. The lowest BCUT2D eigenvalue weighted by Crippen LogP contribution is -2.41. The molecule has 0 heterocycles. The molecule has 0 aliphatic rings. The number of hydrazine groups is 1. The van der Waals surface area contributed by atoms with Crippen LogP contribution in [0.5, 0.6) is 0 Å². The number of rotatable bonds is 5. The van der Waals surface area contributed by atoms with Crippen molar-refractivity contribution in [3.63, 3.8) is 0 Å². The largest absolute Gasteiger partial charge is 0.478 e. The molecule has 0 bridgehead atoms. The Labute approximate surface area is 126 Å². The lowest BCUT2D eigenvalue weighted by atomic mass is 10.2. The van der Waals surface area contributed by atoms with Crippen molar-refractivity contribution in [3.8, 4) is 0 Å². The van der Waals surface area contributed by atoms with Gasteiger partial charge in [-0.05, 0) is 36.4 Å². The number of carbonyl (C=O) groups excluding carboxylic acids is 1. The van der Waals surface area contributed by atoms with Gasteiger partial charge in [0.25, 0.3) is 15.9 Å². The Kier molecular flexibility index (Phi) is 4.54. The summed E-state index contributed by atoms with van der Waals surface area (Å²) >= 11 is 0. The summed E-state index contributed by atoms with van der Waals surface area (Å²) in [6.45, 7) is 0. The second kappa shape index (κ2) is 6.37. The summed E-state index contributed by atoms with van der Waals surface area (Å²) < 4.78 is 24.0. The molecule has 0 fully saturated rings. The van der Waals surface area contributed by atoms with E-state index in [0.29, 0.717) is 5.56 Å². The number of nitrogens with one attached hydrogen (secondary N) is 2. The first-order valence-corrected chi connectivity index (χ1v) is 7.59.